The van der Waals surface area contributed by atoms with E-state index >= 15 is 0 Å². The third-order valence-corrected chi connectivity index (χ3v) is 5.21. The van der Waals surface area contributed by atoms with E-state index in [2.05, 4.69) is 0 Å². The van der Waals surface area contributed by atoms with Gasteiger partial charge in [-0.2, -0.15) is 8.78 Å². The summed E-state index contributed by atoms with van der Waals surface area (Å²) in [6, 6.07) is 14.6. The second-order valence-corrected chi connectivity index (χ2v) is 8.20. The van der Waals surface area contributed by atoms with Crippen LogP contribution in [-0.2, 0) is 22.2 Å². The first-order chi connectivity index (χ1) is 17.7. The number of carbonyl (C=O) groups is 1. The average Bonchev–Trinajstić information content (AvgIpc) is 2.86. The van der Waals surface area contributed by atoms with Crippen LogP contribution in [-0.4, -0.2) is 19.7 Å². The van der Waals surface area contributed by atoms with Crippen LogP contribution in [0.15, 0.2) is 66.7 Å². The van der Waals surface area contributed by atoms with E-state index in [0.717, 1.165) is 12.8 Å². The van der Waals surface area contributed by atoms with Crippen molar-refractivity contribution in [2.45, 2.75) is 32.5 Å². The third kappa shape index (κ3) is 8.13. The van der Waals surface area contributed by atoms with Crippen molar-refractivity contribution >= 4 is 23.4 Å². The number of methoxy groups -OCH3 is 1. The van der Waals surface area contributed by atoms with Crippen LogP contribution in [0.2, 0.25) is 0 Å². The number of halogens is 2. The fraction of sp³-hybridized carbons (Fsp3) is 0.250. The van der Waals surface area contributed by atoms with E-state index in [-0.39, 0.29) is 23.7 Å². The molecule has 0 amide bonds. The summed E-state index contributed by atoms with van der Waals surface area (Å²) in [5.41, 5.74) is 13.3. The molecule has 0 spiro atoms. The summed E-state index contributed by atoms with van der Waals surface area (Å²) in [6.07, 6.45) is 0.914. The molecule has 0 aliphatic heterocycles. The Morgan fingerprint density at radius 2 is 1.68 bits per heavy atom. The fourth-order valence-corrected chi connectivity index (χ4v) is 3.34. The molecule has 0 heterocycles. The van der Waals surface area contributed by atoms with Crippen molar-refractivity contribution in [2.75, 3.05) is 25.2 Å². The van der Waals surface area contributed by atoms with Gasteiger partial charge in [0.2, 0.25) is 0 Å². The van der Waals surface area contributed by atoms with E-state index < -0.39 is 12.1 Å². The number of nitrogens with two attached hydrogens (primary N) is 2. The number of benzene rings is 3. The molecule has 0 radical (unpaired) electrons. The second-order valence-electron chi connectivity index (χ2n) is 8.20. The number of alkyl halides is 2. The van der Waals surface area contributed by atoms with Gasteiger partial charge in [0.05, 0.1) is 19.3 Å². The first-order valence-electron chi connectivity index (χ1n) is 11.7. The molecule has 196 valence electrons. The summed E-state index contributed by atoms with van der Waals surface area (Å²) in [7, 11) is 1.39. The maximum absolute atomic E-state index is 14.8. The Bertz CT molecular complexity index is 1210. The Morgan fingerprint density at radius 1 is 0.973 bits per heavy atom. The minimum atomic E-state index is -3.61. The van der Waals surface area contributed by atoms with Gasteiger partial charge in [-0.25, -0.2) is 4.79 Å². The number of ether oxygens (including phenoxy) is 4. The van der Waals surface area contributed by atoms with Crippen LogP contribution in [0.3, 0.4) is 0 Å². The molecule has 37 heavy (non-hydrogen) atoms. The molecule has 3 aromatic carbocycles. The zero-order valence-electron chi connectivity index (χ0n) is 20.7. The summed E-state index contributed by atoms with van der Waals surface area (Å²) < 4.78 is 50.6. The Morgan fingerprint density at radius 3 is 2.32 bits per heavy atom. The number of unbranched alkanes of at least 4 members (excludes halogenated alkanes) is 1. The lowest BCUT2D eigenvalue weighted by atomic mass is 10.1. The van der Waals surface area contributed by atoms with Crippen molar-refractivity contribution in [3.63, 3.8) is 0 Å². The summed E-state index contributed by atoms with van der Waals surface area (Å²) in [5.74, 6) is -0.0409. The van der Waals surface area contributed by atoms with Crippen molar-refractivity contribution in [3.8, 4) is 17.2 Å². The van der Waals surface area contributed by atoms with Gasteiger partial charge in [0.15, 0.2) is 11.5 Å². The molecule has 0 bridgehead atoms. The van der Waals surface area contributed by atoms with Crippen LogP contribution in [0.1, 0.15) is 36.5 Å². The highest BCUT2D eigenvalue weighted by Crippen LogP contribution is 2.37. The molecule has 4 N–H and O–H groups in total. The highest BCUT2D eigenvalue weighted by molar-refractivity contribution is 5.87. The van der Waals surface area contributed by atoms with Crippen LogP contribution >= 0.6 is 0 Å². The van der Waals surface area contributed by atoms with Crippen LogP contribution in [0, 0.1) is 0 Å². The zero-order chi connectivity index (χ0) is 26.8. The third-order valence-electron chi connectivity index (χ3n) is 5.21. The van der Waals surface area contributed by atoms with Crippen molar-refractivity contribution in [3.05, 3.63) is 83.4 Å². The van der Waals surface area contributed by atoms with Gasteiger partial charge in [-0.15, -0.1) is 0 Å². The van der Waals surface area contributed by atoms with Crippen LogP contribution < -0.4 is 25.7 Å². The smallest absolute Gasteiger partial charge is 0.426 e. The molecule has 0 unspecified atom stereocenters. The first-order valence-corrected chi connectivity index (χ1v) is 11.7. The summed E-state index contributed by atoms with van der Waals surface area (Å²) >= 11 is 0. The number of nitrogen functional groups attached to an aromatic ring is 2. The highest BCUT2D eigenvalue weighted by atomic mass is 19.3. The van der Waals surface area contributed by atoms with Crippen molar-refractivity contribution in [1.82, 2.24) is 0 Å². The quantitative estimate of drug-likeness (QED) is 0.134. The Labute approximate surface area is 214 Å². The average molecular weight is 513 g/mol. The molecule has 7 nitrogen and oxygen atoms in total. The molecule has 3 aromatic rings. The SMILES string of the molecule is CCCCOc1ccc(C(F)(F)Oc2ccc(/C=C/C(=O)OCc3cc(N)cc(N)c3)cc2)cc1OC. The molecule has 0 aliphatic carbocycles. The topological polar surface area (TPSA) is 106 Å². The molecule has 9 heteroatoms. The van der Waals surface area contributed by atoms with E-state index in [1.165, 1.54) is 49.6 Å². The summed E-state index contributed by atoms with van der Waals surface area (Å²) in [4.78, 5) is 12.0. The number of anilines is 2. The van der Waals surface area contributed by atoms with E-state index in [0.29, 0.717) is 34.9 Å². The number of esters is 1. The maximum Gasteiger partial charge on any atom is 0.426 e. The molecule has 0 saturated carbocycles. The number of hydrogen-bond donors (Lipinski definition) is 2. The monoisotopic (exact) mass is 512 g/mol. The first kappa shape index (κ1) is 27.3. The highest BCUT2D eigenvalue weighted by Gasteiger charge is 2.35. The van der Waals surface area contributed by atoms with Crippen LogP contribution in [0.4, 0.5) is 20.2 Å². The van der Waals surface area contributed by atoms with Crippen molar-refractivity contribution < 1.29 is 32.5 Å². The Hall–Kier alpha value is -4.27. The molecule has 3 rings (SSSR count). The Balaban J connectivity index is 1.58. The minimum absolute atomic E-state index is 0.0108. The molecule has 0 aromatic heterocycles. The predicted molar refractivity (Wildman–Crippen MR) is 138 cm³/mol. The zero-order valence-corrected chi connectivity index (χ0v) is 20.7. The number of hydrogen-bond acceptors (Lipinski definition) is 7. The van der Waals surface area contributed by atoms with E-state index in [4.69, 9.17) is 30.4 Å². The minimum Gasteiger partial charge on any atom is -0.493 e. The lowest BCUT2D eigenvalue weighted by Gasteiger charge is -2.20. The molecule has 0 atom stereocenters. The fourth-order valence-electron chi connectivity index (χ4n) is 3.34. The molecule has 0 saturated heterocycles. The molecular formula is C28H30F2N2O5. The van der Waals surface area contributed by atoms with Gasteiger partial charge in [-0.1, -0.05) is 25.5 Å². The van der Waals surface area contributed by atoms with Gasteiger partial charge >= 0.3 is 12.1 Å². The molecule has 0 aliphatic rings. The molecule has 0 fully saturated rings. The van der Waals surface area contributed by atoms with E-state index in [9.17, 15) is 13.6 Å². The van der Waals surface area contributed by atoms with Crippen molar-refractivity contribution in [2.24, 2.45) is 0 Å². The van der Waals surface area contributed by atoms with Crippen LogP contribution in [0.25, 0.3) is 6.08 Å². The van der Waals surface area contributed by atoms with E-state index in [1.807, 2.05) is 6.92 Å². The van der Waals surface area contributed by atoms with Crippen molar-refractivity contribution in [1.29, 1.82) is 0 Å². The lowest BCUT2D eigenvalue weighted by Crippen LogP contribution is -2.22. The van der Waals surface area contributed by atoms with Gasteiger partial charge < -0.3 is 30.4 Å². The lowest BCUT2D eigenvalue weighted by molar-refractivity contribution is -0.185. The van der Waals surface area contributed by atoms with Gasteiger partial charge in [-0.05, 0) is 72.2 Å². The maximum atomic E-state index is 14.8. The number of carbonyl (C=O) groups excluding carboxylic acids is 1. The standard InChI is InChI=1S/C28H30F2N2O5/c1-3-4-13-35-25-11-8-21(16-26(25)34-2)28(29,30)37-24-9-5-19(6-10-24)7-12-27(33)36-18-20-14-22(31)17-23(32)15-20/h5-12,14-17H,3-4,13,18,31-32H2,1-2H3/b12-7+. The number of rotatable bonds is 12. The van der Waals surface area contributed by atoms with Gasteiger partial charge in [0.1, 0.15) is 12.4 Å². The van der Waals surface area contributed by atoms with Gasteiger partial charge in [0.25, 0.3) is 0 Å². The second kappa shape index (κ2) is 12.6. The van der Waals surface area contributed by atoms with Gasteiger partial charge in [0, 0.05) is 17.5 Å². The largest absolute Gasteiger partial charge is 0.493 e. The summed E-state index contributed by atoms with van der Waals surface area (Å²) in [6.45, 7) is 2.51. The van der Waals surface area contributed by atoms with Crippen LogP contribution in [0.5, 0.6) is 17.2 Å². The Kier molecular flexibility index (Phi) is 9.32. The predicted octanol–water partition coefficient (Wildman–Crippen LogP) is 5.92. The normalized spacial score (nSPS) is 11.4. The summed E-state index contributed by atoms with van der Waals surface area (Å²) in [5, 5.41) is 0. The van der Waals surface area contributed by atoms with Gasteiger partial charge in [-0.3, -0.25) is 0 Å². The molecular weight excluding hydrogens is 482 g/mol. The van der Waals surface area contributed by atoms with E-state index in [1.54, 1.807) is 30.3 Å².